The fraction of sp³-hybridized carbons (Fsp3) is 0.364. The predicted octanol–water partition coefficient (Wildman–Crippen LogP) is 1.76. The molecule has 0 bridgehead atoms. The van der Waals surface area contributed by atoms with E-state index in [1.54, 1.807) is 38.6 Å². The number of benzene rings is 1. The Kier molecular flexibility index (Phi) is 3.76. The third-order valence-corrected chi connectivity index (χ3v) is 3.82. The number of esters is 1. The van der Waals surface area contributed by atoms with Crippen molar-refractivity contribution in [1.82, 2.24) is 0 Å². The highest BCUT2D eigenvalue weighted by Crippen LogP contribution is 2.37. The molecule has 1 N–H and O–H groups in total. The number of anilines is 1. The molecule has 1 aromatic carbocycles. The van der Waals surface area contributed by atoms with Crippen LogP contribution in [0.25, 0.3) is 0 Å². The summed E-state index contributed by atoms with van der Waals surface area (Å²) in [7, 11) is 0.719. The van der Waals surface area contributed by atoms with Crippen LogP contribution in [0.2, 0.25) is 0 Å². The van der Waals surface area contributed by atoms with E-state index in [-0.39, 0.29) is 0 Å². The van der Waals surface area contributed by atoms with Gasteiger partial charge in [0.1, 0.15) is 7.14 Å². The van der Waals surface area contributed by atoms with E-state index in [9.17, 15) is 9.36 Å². The Labute approximate surface area is 95.4 Å². The number of carbonyl (C=O) groups is 1. The Hall–Kier alpha value is -1.28. The molecule has 0 aliphatic heterocycles. The molecule has 0 aliphatic rings. The number of ether oxygens (including phenoxy) is 1. The summed E-state index contributed by atoms with van der Waals surface area (Å²) in [6.07, 6.45) is 0. The lowest BCUT2D eigenvalue weighted by Crippen LogP contribution is -2.12. The summed E-state index contributed by atoms with van der Waals surface area (Å²) < 4.78 is 16.6. The van der Waals surface area contributed by atoms with E-state index in [1.807, 2.05) is 0 Å². The minimum Gasteiger partial charge on any atom is -0.465 e. The Morgan fingerprint density at radius 2 is 2.00 bits per heavy atom. The van der Waals surface area contributed by atoms with Crippen molar-refractivity contribution < 1.29 is 14.1 Å². The Morgan fingerprint density at radius 1 is 1.38 bits per heavy atom. The van der Waals surface area contributed by atoms with Crippen molar-refractivity contribution in [2.45, 2.75) is 0 Å². The molecule has 0 amide bonds. The number of hydrogen-bond acceptors (Lipinski definition) is 4. The van der Waals surface area contributed by atoms with Crippen LogP contribution in [0.1, 0.15) is 10.4 Å². The van der Waals surface area contributed by atoms with E-state index in [0.29, 0.717) is 11.3 Å². The van der Waals surface area contributed by atoms with Gasteiger partial charge in [-0.25, -0.2) is 4.79 Å². The summed E-state index contributed by atoms with van der Waals surface area (Å²) in [5, 5.41) is 3.68. The van der Waals surface area contributed by atoms with Gasteiger partial charge in [-0.3, -0.25) is 0 Å². The van der Waals surface area contributed by atoms with Crippen LogP contribution in [0.3, 0.4) is 0 Å². The molecule has 4 nitrogen and oxygen atoms in total. The highest BCUT2D eigenvalue weighted by atomic mass is 31.2. The van der Waals surface area contributed by atoms with Crippen molar-refractivity contribution in [3.05, 3.63) is 23.8 Å². The van der Waals surface area contributed by atoms with Gasteiger partial charge in [0, 0.05) is 18.0 Å². The number of nitrogens with one attached hydrogen (secondary N) is 1. The molecule has 0 saturated carbocycles. The van der Waals surface area contributed by atoms with Gasteiger partial charge in [-0.05, 0) is 31.5 Å². The van der Waals surface area contributed by atoms with E-state index in [4.69, 9.17) is 0 Å². The van der Waals surface area contributed by atoms with Crippen molar-refractivity contribution in [2.75, 3.05) is 32.8 Å². The molecule has 0 aliphatic carbocycles. The topological polar surface area (TPSA) is 55.4 Å². The lowest BCUT2D eigenvalue weighted by molar-refractivity contribution is 0.0601. The summed E-state index contributed by atoms with van der Waals surface area (Å²) in [6, 6.07) is 4.99. The van der Waals surface area contributed by atoms with Gasteiger partial charge in [-0.1, -0.05) is 0 Å². The molecule has 16 heavy (non-hydrogen) atoms. The minimum absolute atomic E-state index is 0.398. The maximum Gasteiger partial charge on any atom is 0.337 e. The Morgan fingerprint density at radius 3 is 2.44 bits per heavy atom. The average molecular weight is 241 g/mol. The Bertz CT molecular complexity index is 451. The molecule has 0 aromatic heterocycles. The molecule has 0 heterocycles. The first-order valence-electron chi connectivity index (χ1n) is 4.86. The van der Waals surface area contributed by atoms with Crippen LogP contribution < -0.4 is 10.6 Å². The van der Waals surface area contributed by atoms with Crippen LogP contribution in [0.15, 0.2) is 18.2 Å². The molecular weight excluding hydrogens is 225 g/mol. The SMILES string of the molecule is CNc1cc(C(=O)OC)ccc1P(C)(C)=O. The van der Waals surface area contributed by atoms with Crippen LogP contribution >= 0.6 is 7.14 Å². The third-order valence-electron chi connectivity index (χ3n) is 2.27. The Balaban J connectivity index is 3.28. The van der Waals surface area contributed by atoms with Gasteiger partial charge in [0.05, 0.1) is 12.7 Å². The second-order valence-electron chi connectivity index (χ2n) is 3.82. The molecule has 0 fully saturated rings. The van der Waals surface area contributed by atoms with Crippen molar-refractivity contribution >= 4 is 24.1 Å². The molecule has 0 saturated heterocycles. The highest BCUT2D eigenvalue weighted by Gasteiger charge is 2.17. The first-order chi connectivity index (χ1) is 7.40. The fourth-order valence-corrected chi connectivity index (χ4v) is 2.64. The monoisotopic (exact) mass is 241 g/mol. The summed E-state index contributed by atoms with van der Waals surface area (Å²) in [5.41, 5.74) is 1.15. The van der Waals surface area contributed by atoms with Crippen LogP contribution in [-0.2, 0) is 9.30 Å². The average Bonchev–Trinajstić information content (AvgIpc) is 2.25. The zero-order valence-electron chi connectivity index (χ0n) is 9.90. The second kappa shape index (κ2) is 4.71. The fourth-order valence-electron chi connectivity index (χ4n) is 1.45. The van der Waals surface area contributed by atoms with E-state index in [0.717, 1.165) is 5.30 Å². The van der Waals surface area contributed by atoms with Gasteiger partial charge in [0.2, 0.25) is 0 Å². The highest BCUT2D eigenvalue weighted by molar-refractivity contribution is 7.70. The van der Waals surface area contributed by atoms with Crippen molar-refractivity contribution in [3.63, 3.8) is 0 Å². The molecular formula is C11H16NO3P. The van der Waals surface area contributed by atoms with Crippen LogP contribution in [0.4, 0.5) is 5.69 Å². The summed E-state index contributed by atoms with van der Waals surface area (Å²) in [4.78, 5) is 11.3. The van der Waals surface area contributed by atoms with Crippen molar-refractivity contribution in [1.29, 1.82) is 0 Å². The molecule has 1 aromatic rings. The van der Waals surface area contributed by atoms with E-state index in [1.165, 1.54) is 7.11 Å². The second-order valence-corrected chi connectivity index (χ2v) is 7.01. The lowest BCUT2D eigenvalue weighted by atomic mass is 10.2. The van der Waals surface area contributed by atoms with E-state index >= 15 is 0 Å². The van der Waals surface area contributed by atoms with Crippen LogP contribution in [0, 0.1) is 0 Å². The molecule has 5 heteroatoms. The quantitative estimate of drug-likeness (QED) is 0.647. The van der Waals surface area contributed by atoms with Gasteiger partial charge < -0.3 is 14.6 Å². The van der Waals surface area contributed by atoms with Gasteiger partial charge >= 0.3 is 5.97 Å². The first kappa shape index (κ1) is 12.8. The zero-order valence-corrected chi connectivity index (χ0v) is 10.8. The lowest BCUT2D eigenvalue weighted by Gasteiger charge is -2.14. The maximum absolute atomic E-state index is 12.0. The van der Waals surface area contributed by atoms with Gasteiger partial charge in [0.15, 0.2) is 0 Å². The first-order valence-corrected chi connectivity index (χ1v) is 7.46. The molecule has 0 spiro atoms. The minimum atomic E-state index is -2.35. The maximum atomic E-state index is 12.0. The predicted molar refractivity (Wildman–Crippen MR) is 66.4 cm³/mol. The normalized spacial score (nSPS) is 11.0. The largest absolute Gasteiger partial charge is 0.465 e. The number of rotatable bonds is 3. The van der Waals surface area contributed by atoms with E-state index in [2.05, 4.69) is 10.1 Å². The molecule has 88 valence electrons. The van der Waals surface area contributed by atoms with Crippen molar-refractivity contribution in [3.8, 4) is 0 Å². The zero-order chi connectivity index (χ0) is 12.3. The van der Waals surface area contributed by atoms with Crippen LogP contribution in [-0.4, -0.2) is 33.5 Å². The smallest absolute Gasteiger partial charge is 0.337 e. The van der Waals surface area contributed by atoms with Gasteiger partial charge in [-0.15, -0.1) is 0 Å². The van der Waals surface area contributed by atoms with Crippen molar-refractivity contribution in [2.24, 2.45) is 0 Å². The molecule has 0 radical (unpaired) electrons. The van der Waals surface area contributed by atoms with E-state index < -0.39 is 13.1 Å². The molecule has 0 unspecified atom stereocenters. The molecule has 0 atom stereocenters. The standard InChI is InChI=1S/C11H16NO3P/c1-12-9-7-8(11(13)15-2)5-6-10(9)16(3,4)14/h5-7,12H,1-4H3. The summed E-state index contributed by atoms with van der Waals surface area (Å²) >= 11 is 0. The van der Waals surface area contributed by atoms with Gasteiger partial charge in [-0.2, -0.15) is 0 Å². The summed E-state index contributed by atoms with van der Waals surface area (Å²) in [5.74, 6) is -0.398. The van der Waals surface area contributed by atoms with Crippen LogP contribution in [0.5, 0.6) is 0 Å². The summed E-state index contributed by atoms with van der Waals surface area (Å²) in [6.45, 7) is 3.39. The number of methoxy groups -OCH3 is 1. The third kappa shape index (κ3) is 2.64. The molecule has 1 rings (SSSR count). The van der Waals surface area contributed by atoms with Gasteiger partial charge in [0.25, 0.3) is 0 Å². The number of hydrogen-bond donors (Lipinski definition) is 1. The number of carbonyl (C=O) groups excluding carboxylic acids is 1.